The first-order chi connectivity index (χ1) is 10.6. The van der Waals surface area contributed by atoms with Crippen LogP contribution in [0.3, 0.4) is 0 Å². The van der Waals surface area contributed by atoms with E-state index in [1.807, 2.05) is 30.3 Å². The molecule has 1 amide bonds. The van der Waals surface area contributed by atoms with Crippen LogP contribution < -0.4 is 10.6 Å². The second kappa shape index (κ2) is 9.08. The smallest absolute Gasteiger partial charge is 0.239 e. The normalized spacial score (nSPS) is 12.8. The number of likely N-dealkylation sites (N-methyl/N-ethyl adjacent to an activating group) is 1. The van der Waals surface area contributed by atoms with E-state index in [9.17, 15) is 9.90 Å². The fourth-order valence-electron chi connectivity index (χ4n) is 2.31. The third kappa shape index (κ3) is 5.20. The van der Waals surface area contributed by atoms with Crippen LogP contribution in [0.2, 0.25) is 0 Å². The highest BCUT2D eigenvalue weighted by Gasteiger charge is 2.21. The van der Waals surface area contributed by atoms with E-state index in [4.69, 9.17) is 0 Å². The van der Waals surface area contributed by atoms with Crippen molar-refractivity contribution in [3.8, 4) is 11.1 Å². The Balaban J connectivity index is 0.00000264. The van der Waals surface area contributed by atoms with Gasteiger partial charge in [-0.25, -0.2) is 0 Å². The monoisotopic (exact) mass is 314 g/mol. The van der Waals surface area contributed by atoms with E-state index in [-0.39, 0.29) is 13.3 Å². The first kappa shape index (κ1) is 18.9. The van der Waals surface area contributed by atoms with Crippen LogP contribution in [0.5, 0.6) is 0 Å². The summed E-state index contributed by atoms with van der Waals surface area (Å²) in [6.45, 7) is 2.13. The van der Waals surface area contributed by atoms with Crippen LogP contribution in [0.25, 0.3) is 11.1 Å². The van der Waals surface area contributed by atoms with E-state index in [1.54, 1.807) is 14.0 Å². The maximum atomic E-state index is 11.7. The standard InChI is InChI=1S/C18H22N2O2.CH4/c1-13(21)17(18(22)19-2)20-12-14-8-10-16(11-9-14)15-6-4-3-5-7-15;/h3-11,13,17,20-21H,12H2,1-2H3,(H,19,22);1H4/t13-,17-;/m0./s1. The first-order valence-corrected chi connectivity index (χ1v) is 7.39. The molecule has 0 bridgehead atoms. The molecule has 4 heteroatoms. The Morgan fingerprint density at radius 3 is 2.13 bits per heavy atom. The molecule has 3 N–H and O–H groups in total. The third-order valence-electron chi connectivity index (χ3n) is 3.60. The molecule has 0 unspecified atom stereocenters. The Morgan fingerprint density at radius 2 is 1.61 bits per heavy atom. The van der Waals surface area contributed by atoms with Gasteiger partial charge in [0, 0.05) is 13.6 Å². The molecule has 23 heavy (non-hydrogen) atoms. The van der Waals surface area contributed by atoms with Crippen molar-refractivity contribution in [3.05, 3.63) is 60.2 Å². The fraction of sp³-hybridized carbons (Fsp3) is 0.316. The quantitative estimate of drug-likeness (QED) is 0.768. The number of hydrogen-bond acceptors (Lipinski definition) is 3. The van der Waals surface area contributed by atoms with Crippen LogP contribution in [0.1, 0.15) is 19.9 Å². The summed E-state index contributed by atoms with van der Waals surface area (Å²) in [7, 11) is 1.56. The summed E-state index contributed by atoms with van der Waals surface area (Å²) in [6.07, 6.45) is -0.747. The molecule has 0 aliphatic rings. The lowest BCUT2D eigenvalue weighted by atomic mass is 10.0. The van der Waals surface area contributed by atoms with E-state index >= 15 is 0 Å². The maximum absolute atomic E-state index is 11.7. The van der Waals surface area contributed by atoms with Gasteiger partial charge < -0.3 is 10.4 Å². The summed E-state index contributed by atoms with van der Waals surface area (Å²) in [6, 6.07) is 17.7. The van der Waals surface area contributed by atoms with E-state index in [0.717, 1.165) is 11.1 Å². The van der Waals surface area contributed by atoms with Crippen molar-refractivity contribution in [2.75, 3.05) is 7.05 Å². The SMILES string of the molecule is C.CNC(=O)[C@@H](NCc1ccc(-c2ccccc2)cc1)[C@H](C)O. The number of nitrogens with one attached hydrogen (secondary N) is 2. The lowest BCUT2D eigenvalue weighted by Gasteiger charge is -2.20. The van der Waals surface area contributed by atoms with Crippen molar-refractivity contribution < 1.29 is 9.90 Å². The number of amides is 1. The van der Waals surface area contributed by atoms with Gasteiger partial charge in [0.25, 0.3) is 0 Å². The van der Waals surface area contributed by atoms with Crippen LogP contribution in [0.4, 0.5) is 0 Å². The molecule has 0 fully saturated rings. The van der Waals surface area contributed by atoms with Crippen molar-refractivity contribution in [3.63, 3.8) is 0 Å². The Morgan fingerprint density at radius 1 is 1.04 bits per heavy atom. The third-order valence-corrected chi connectivity index (χ3v) is 3.60. The van der Waals surface area contributed by atoms with Gasteiger partial charge in [0.05, 0.1) is 6.10 Å². The van der Waals surface area contributed by atoms with Gasteiger partial charge in [-0.3, -0.25) is 10.1 Å². The predicted octanol–water partition coefficient (Wildman–Crippen LogP) is 2.57. The molecule has 2 aromatic rings. The molecule has 124 valence electrons. The Labute approximate surface area is 138 Å². The fourth-order valence-corrected chi connectivity index (χ4v) is 2.31. The van der Waals surface area contributed by atoms with Crippen LogP contribution in [0, 0.1) is 0 Å². The molecule has 2 rings (SSSR count). The van der Waals surface area contributed by atoms with Gasteiger partial charge in [-0.15, -0.1) is 0 Å². The zero-order valence-corrected chi connectivity index (χ0v) is 12.9. The van der Waals surface area contributed by atoms with Crippen LogP contribution in [0.15, 0.2) is 54.6 Å². The first-order valence-electron chi connectivity index (χ1n) is 7.39. The van der Waals surface area contributed by atoms with E-state index < -0.39 is 12.1 Å². The molecule has 0 aromatic heterocycles. The van der Waals surface area contributed by atoms with Crippen molar-refractivity contribution in [2.45, 2.75) is 33.0 Å². The summed E-state index contributed by atoms with van der Waals surface area (Å²) in [5.74, 6) is -0.212. The number of rotatable bonds is 6. The highest BCUT2D eigenvalue weighted by atomic mass is 16.3. The van der Waals surface area contributed by atoms with E-state index in [0.29, 0.717) is 6.54 Å². The summed E-state index contributed by atoms with van der Waals surface area (Å²) in [4.78, 5) is 11.7. The molecule has 0 aliphatic heterocycles. The number of aliphatic hydroxyl groups is 1. The molecular formula is C19H26N2O2. The Bertz CT molecular complexity index is 595. The highest BCUT2D eigenvalue weighted by Crippen LogP contribution is 2.19. The minimum atomic E-state index is -0.747. The van der Waals surface area contributed by atoms with Crippen LogP contribution in [-0.2, 0) is 11.3 Å². The number of aliphatic hydroxyl groups excluding tert-OH is 1. The molecule has 0 heterocycles. The molecule has 0 spiro atoms. The average molecular weight is 314 g/mol. The largest absolute Gasteiger partial charge is 0.391 e. The van der Waals surface area contributed by atoms with Gasteiger partial charge in [0.15, 0.2) is 0 Å². The molecular weight excluding hydrogens is 288 g/mol. The highest BCUT2D eigenvalue weighted by molar-refractivity contribution is 5.82. The molecule has 0 radical (unpaired) electrons. The predicted molar refractivity (Wildman–Crippen MR) is 95.0 cm³/mol. The number of carbonyl (C=O) groups is 1. The summed E-state index contributed by atoms with van der Waals surface area (Å²) in [5, 5.41) is 15.3. The average Bonchev–Trinajstić information content (AvgIpc) is 2.56. The van der Waals surface area contributed by atoms with Gasteiger partial charge in [-0.05, 0) is 23.6 Å². The second-order valence-corrected chi connectivity index (χ2v) is 5.28. The number of benzene rings is 2. The minimum Gasteiger partial charge on any atom is -0.391 e. The summed E-state index contributed by atoms with van der Waals surface area (Å²) >= 11 is 0. The Hall–Kier alpha value is -2.17. The lowest BCUT2D eigenvalue weighted by molar-refractivity contribution is -0.125. The van der Waals surface area contributed by atoms with Crippen molar-refractivity contribution in [2.24, 2.45) is 0 Å². The summed E-state index contributed by atoms with van der Waals surface area (Å²) < 4.78 is 0. The van der Waals surface area contributed by atoms with E-state index in [2.05, 4.69) is 34.9 Å². The van der Waals surface area contributed by atoms with Gasteiger partial charge in [0.1, 0.15) is 6.04 Å². The molecule has 0 saturated carbocycles. The van der Waals surface area contributed by atoms with Gasteiger partial charge in [-0.1, -0.05) is 62.0 Å². The maximum Gasteiger partial charge on any atom is 0.239 e. The summed E-state index contributed by atoms with van der Waals surface area (Å²) in [5.41, 5.74) is 3.39. The number of hydrogen-bond donors (Lipinski definition) is 3. The topological polar surface area (TPSA) is 61.4 Å². The van der Waals surface area contributed by atoms with Gasteiger partial charge in [-0.2, -0.15) is 0 Å². The Kier molecular flexibility index (Phi) is 7.45. The zero-order chi connectivity index (χ0) is 15.9. The molecule has 0 saturated heterocycles. The zero-order valence-electron chi connectivity index (χ0n) is 12.9. The molecule has 0 aliphatic carbocycles. The lowest BCUT2D eigenvalue weighted by Crippen LogP contribution is -2.49. The van der Waals surface area contributed by atoms with Crippen molar-refractivity contribution in [1.82, 2.24) is 10.6 Å². The minimum absolute atomic E-state index is 0. The van der Waals surface area contributed by atoms with Crippen LogP contribution in [-0.4, -0.2) is 30.2 Å². The van der Waals surface area contributed by atoms with Crippen molar-refractivity contribution >= 4 is 5.91 Å². The van der Waals surface area contributed by atoms with Crippen molar-refractivity contribution in [1.29, 1.82) is 0 Å². The van der Waals surface area contributed by atoms with Gasteiger partial charge >= 0.3 is 0 Å². The second-order valence-electron chi connectivity index (χ2n) is 5.28. The van der Waals surface area contributed by atoms with Crippen LogP contribution >= 0.6 is 0 Å². The molecule has 2 atom stereocenters. The van der Waals surface area contributed by atoms with E-state index in [1.165, 1.54) is 5.56 Å². The molecule has 4 nitrogen and oxygen atoms in total. The molecule has 2 aromatic carbocycles. The number of carbonyl (C=O) groups excluding carboxylic acids is 1. The van der Waals surface area contributed by atoms with Gasteiger partial charge in [0.2, 0.25) is 5.91 Å².